The summed E-state index contributed by atoms with van der Waals surface area (Å²) >= 11 is 0. The van der Waals surface area contributed by atoms with Crippen molar-refractivity contribution in [1.82, 2.24) is 0 Å². The molecule has 0 aliphatic carbocycles. The first kappa shape index (κ1) is 11.2. The minimum atomic E-state index is -0.523. The maximum Gasteiger partial charge on any atom is 0.330 e. The fourth-order valence-electron chi connectivity index (χ4n) is 0.996. The summed E-state index contributed by atoms with van der Waals surface area (Å²) in [5.74, 6) is -0.539. The van der Waals surface area contributed by atoms with Gasteiger partial charge in [-0.2, -0.15) is 0 Å². The summed E-state index contributed by atoms with van der Waals surface area (Å²) in [7, 11) is 2.72. The van der Waals surface area contributed by atoms with Gasteiger partial charge in [0.05, 0.1) is 14.2 Å². The second kappa shape index (κ2) is 5.14. The maximum absolute atomic E-state index is 13.3. The van der Waals surface area contributed by atoms with Gasteiger partial charge in [0, 0.05) is 17.7 Å². The van der Waals surface area contributed by atoms with E-state index in [1.54, 1.807) is 6.07 Å². The Bertz CT molecular complexity index is 385. The normalized spacial score (nSPS) is 10.3. The summed E-state index contributed by atoms with van der Waals surface area (Å²) in [6.07, 6.45) is 2.51. The number of carbonyl (C=O) groups excluding carboxylic acids is 1. The van der Waals surface area contributed by atoms with E-state index >= 15 is 0 Å². The molecule has 4 heteroatoms. The average Bonchev–Trinajstić information content (AvgIpc) is 2.26. The van der Waals surface area contributed by atoms with Crippen LogP contribution in [-0.2, 0) is 9.53 Å². The molecular formula is C11H11FO3. The summed E-state index contributed by atoms with van der Waals surface area (Å²) < 4.78 is 22.5. The lowest BCUT2D eigenvalue weighted by Crippen LogP contribution is -1.94. The van der Waals surface area contributed by atoms with Crippen molar-refractivity contribution in [3.05, 3.63) is 35.7 Å². The zero-order valence-electron chi connectivity index (χ0n) is 8.49. The molecule has 0 saturated carbocycles. The molecular weight excluding hydrogens is 199 g/mol. The van der Waals surface area contributed by atoms with Gasteiger partial charge in [0.15, 0.2) is 0 Å². The van der Waals surface area contributed by atoms with Crippen LogP contribution in [0, 0.1) is 5.82 Å². The van der Waals surface area contributed by atoms with E-state index in [2.05, 4.69) is 4.74 Å². The van der Waals surface area contributed by atoms with Crippen molar-refractivity contribution >= 4 is 12.0 Å². The molecule has 0 heterocycles. The van der Waals surface area contributed by atoms with E-state index in [1.807, 2.05) is 0 Å². The van der Waals surface area contributed by atoms with Gasteiger partial charge in [-0.1, -0.05) is 0 Å². The Kier molecular flexibility index (Phi) is 3.85. The molecule has 1 aromatic rings. The maximum atomic E-state index is 13.3. The van der Waals surface area contributed by atoms with E-state index in [0.717, 1.165) is 6.08 Å². The Labute approximate surface area is 87.1 Å². The van der Waals surface area contributed by atoms with E-state index in [4.69, 9.17) is 4.74 Å². The van der Waals surface area contributed by atoms with E-state index in [9.17, 15) is 9.18 Å². The lowest BCUT2D eigenvalue weighted by Gasteiger charge is -2.01. The first-order valence-corrected chi connectivity index (χ1v) is 4.27. The predicted octanol–water partition coefficient (Wildman–Crippen LogP) is 2.02. The van der Waals surface area contributed by atoms with Crippen LogP contribution in [0.2, 0.25) is 0 Å². The lowest BCUT2D eigenvalue weighted by molar-refractivity contribution is -0.134. The van der Waals surface area contributed by atoms with Crippen LogP contribution in [0.1, 0.15) is 5.56 Å². The summed E-state index contributed by atoms with van der Waals surface area (Å²) in [6, 6.07) is 4.38. The molecule has 0 fully saturated rings. The second-order valence-corrected chi connectivity index (χ2v) is 2.74. The average molecular weight is 210 g/mol. The lowest BCUT2D eigenvalue weighted by atomic mass is 10.2. The molecule has 3 nitrogen and oxygen atoms in total. The molecule has 15 heavy (non-hydrogen) atoms. The minimum absolute atomic E-state index is 0.307. The summed E-state index contributed by atoms with van der Waals surface area (Å²) in [5.41, 5.74) is 0.307. The van der Waals surface area contributed by atoms with Crippen molar-refractivity contribution in [2.75, 3.05) is 14.2 Å². The predicted molar refractivity (Wildman–Crippen MR) is 54.0 cm³/mol. The van der Waals surface area contributed by atoms with Gasteiger partial charge in [0.2, 0.25) is 0 Å². The molecule has 80 valence electrons. The van der Waals surface area contributed by atoms with Gasteiger partial charge < -0.3 is 9.47 Å². The van der Waals surface area contributed by atoms with Gasteiger partial charge in [0.25, 0.3) is 0 Å². The summed E-state index contributed by atoms with van der Waals surface area (Å²) in [4.78, 5) is 10.8. The molecule has 1 aromatic carbocycles. The van der Waals surface area contributed by atoms with Crippen LogP contribution in [0.25, 0.3) is 6.08 Å². The minimum Gasteiger partial charge on any atom is -0.497 e. The molecule has 0 atom stereocenters. The SMILES string of the molecule is COC(=O)C=Cc1ccc(OC)cc1F. The Hall–Kier alpha value is -1.84. The number of rotatable bonds is 3. The van der Waals surface area contributed by atoms with Gasteiger partial charge in [-0.25, -0.2) is 9.18 Å². The summed E-state index contributed by atoms with van der Waals surface area (Å²) in [5, 5.41) is 0. The Morgan fingerprint density at radius 2 is 2.13 bits per heavy atom. The quantitative estimate of drug-likeness (QED) is 0.565. The molecule has 0 saturated heterocycles. The van der Waals surface area contributed by atoms with Gasteiger partial charge in [-0.3, -0.25) is 0 Å². The van der Waals surface area contributed by atoms with E-state index in [1.165, 1.54) is 32.4 Å². The van der Waals surface area contributed by atoms with Crippen molar-refractivity contribution in [3.8, 4) is 5.75 Å². The molecule has 0 aliphatic heterocycles. The van der Waals surface area contributed by atoms with Crippen molar-refractivity contribution in [3.63, 3.8) is 0 Å². The number of esters is 1. The number of benzene rings is 1. The highest BCUT2D eigenvalue weighted by Gasteiger charge is 2.01. The molecule has 1 rings (SSSR count). The smallest absolute Gasteiger partial charge is 0.330 e. The molecule has 0 bridgehead atoms. The number of carbonyl (C=O) groups is 1. The summed E-state index contributed by atoms with van der Waals surface area (Å²) in [6.45, 7) is 0. The van der Waals surface area contributed by atoms with Crippen molar-refractivity contribution in [1.29, 1.82) is 0 Å². The highest BCUT2D eigenvalue weighted by atomic mass is 19.1. The van der Waals surface area contributed by atoms with Crippen LogP contribution in [0.5, 0.6) is 5.75 Å². The molecule has 0 aliphatic rings. The Morgan fingerprint density at radius 3 is 2.67 bits per heavy atom. The van der Waals surface area contributed by atoms with E-state index < -0.39 is 11.8 Å². The molecule has 0 radical (unpaired) electrons. The molecule has 0 spiro atoms. The third-order valence-electron chi connectivity index (χ3n) is 1.81. The van der Waals surface area contributed by atoms with Crippen LogP contribution in [0.4, 0.5) is 4.39 Å². The first-order chi connectivity index (χ1) is 7.17. The molecule has 0 unspecified atom stereocenters. The topological polar surface area (TPSA) is 35.5 Å². The Morgan fingerprint density at radius 1 is 1.40 bits per heavy atom. The van der Waals surface area contributed by atoms with Gasteiger partial charge in [-0.15, -0.1) is 0 Å². The fourth-order valence-corrected chi connectivity index (χ4v) is 0.996. The third kappa shape index (κ3) is 3.09. The molecule has 0 N–H and O–H groups in total. The number of halogens is 1. The number of methoxy groups -OCH3 is 2. The van der Waals surface area contributed by atoms with Gasteiger partial charge in [-0.05, 0) is 18.2 Å². The zero-order valence-corrected chi connectivity index (χ0v) is 8.49. The third-order valence-corrected chi connectivity index (χ3v) is 1.81. The van der Waals surface area contributed by atoms with Crippen LogP contribution < -0.4 is 4.74 Å². The highest BCUT2D eigenvalue weighted by Crippen LogP contribution is 2.17. The van der Waals surface area contributed by atoms with E-state index in [0.29, 0.717) is 11.3 Å². The fraction of sp³-hybridized carbons (Fsp3) is 0.182. The number of ether oxygens (including phenoxy) is 2. The van der Waals surface area contributed by atoms with Crippen molar-refractivity contribution in [2.45, 2.75) is 0 Å². The highest BCUT2D eigenvalue weighted by molar-refractivity contribution is 5.86. The number of hydrogen-bond donors (Lipinski definition) is 0. The second-order valence-electron chi connectivity index (χ2n) is 2.74. The van der Waals surface area contributed by atoms with Crippen molar-refractivity contribution in [2.24, 2.45) is 0 Å². The number of hydrogen-bond acceptors (Lipinski definition) is 3. The van der Waals surface area contributed by atoms with Crippen LogP contribution >= 0.6 is 0 Å². The molecule has 0 aromatic heterocycles. The molecule has 0 amide bonds. The van der Waals surface area contributed by atoms with Gasteiger partial charge >= 0.3 is 5.97 Å². The van der Waals surface area contributed by atoms with Crippen molar-refractivity contribution < 1.29 is 18.7 Å². The van der Waals surface area contributed by atoms with Crippen LogP contribution in [0.15, 0.2) is 24.3 Å². The van der Waals surface area contributed by atoms with Crippen LogP contribution in [-0.4, -0.2) is 20.2 Å². The standard InChI is InChI=1S/C11H11FO3/c1-14-9-5-3-8(10(12)7-9)4-6-11(13)15-2/h3-7H,1-2H3. The first-order valence-electron chi connectivity index (χ1n) is 4.27. The Balaban J connectivity index is 2.87. The van der Waals surface area contributed by atoms with Gasteiger partial charge in [0.1, 0.15) is 11.6 Å². The largest absolute Gasteiger partial charge is 0.497 e. The van der Waals surface area contributed by atoms with E-state index in [-0.39, 0.29) is 0 Å². The van der Waals surface area contributed by atoms with Crippen LogP contribution in [0.3, 0.4) is 0 Å². The monoisotopic (exact) mass is 210 g/mol. The zero-order chi connectivity index (χ0) is 11.3.